The summed E-state index contributed by atoms with van der Waals surface area (Å²) >= 11 is 7.97. The highest BCUT2D eigenvalue weighted by Gasteiger charge is 2.27. The number of para-hydroxylation sites is 4. The van der Waals surface area contributed by atoms with Gasteiger partial charge in [0.1, 0.15) is 0 Å². The Bertz CT molecular complexity index is 2070. The van der Waals surface area contributed by atoms with Crippen LogP contribution in [-0.2, 0) is 0 Å². The lowest BCUT2D eigenvalue weighted by Crippen LogP contribution is -1.95. The van der Waals surface area contributed by atoms with Crippen LogP contribution in [0.15, 0.2) is 151 Å². The maximum absolute atomic E-state index is 6.37. The summed E-state index contributed by atoms with van der Waals surface area (Å²) in [6.45, 7) is 0. The second kappa shape index (κ2) is 10.2. The predicted molar refractivity (Wildman–Crippen MR) is 182 cm³/mol. The Labute approximate surface area is 259 Å². The summed E-state index contributed by atoms with van der Waals surface area (Å²) in [5, 5.41) is 4.27. The number of hydrogen-bond acceptors (Lipinski definition) is 0. The number of halogens is 2. The Hall–Kier alpha value is -4.38. The lowest BCUT2D eigenvalue weighted by molar-refractivity contribution is 0.660. The molecule has 2 aromatic heterocycles. The average molecular weight is 670 g/mol. The topological polar surface area (TPSA) is 22.6 Å². The van der Waals surface area contributed by atoms with Gasteiger partial charge >= 0.3 is 22.3 Å². The molecule has 0 N–H and O–H groups in total. The van der Waals surface area contributed by atoms with Crippen LogP contribution in [0, 0.1) is 0 Å². The van der Waals surface area contributed by atoms with Crippen molar-refractivity contribution in [1.29, 1.82) is 0 Å². The van der Waals surface area contributed by atoms with Gasteiger partial charge in [0.2, 0.25) is 0 Å². The quantitative estimate of drug-likeness (QED) is 0.138. The van der Waals surface area contributed by atoms with Crippen molar-refractivity contribution in [3.63, 3.8) is 0 Å². The molecule has 2 heterocycles. The molecule has 0 aliphatic heterocycles. The fourth-order valence-corrected chi connectivity index (χ4v) is 7.26. The lowest BCUT2D eigenvalue weighted by Gasteiger charge is -2.19. The highest BCUT2D eigenvalue weighted by atomic mass is 79.9. The second-order valence-electron chi connectivity index (χ2n) is 10.3. The fourth-order valence-electron chi connectivity index (χ4n) is 6.13. The molecule has 0 spiro atoms. The fraction of sp³-hybridized carbons (Fsp3) is 0. The van der Waals surface area contributed by atoms with Crippen LogP contribution in [0.4, 0.5) is 0 Å². The van der Waals surface area contributed by atoms with E-state index in [4.69, 9.17) is 8.83 Å². The lowest BCUT2D eigenvalue weighted by atomic mass is 9.86. The van der Waals surface area contributed by atoms with Gasteiger partial charge < -0.3 is 0 Å². The molecule has 198 valence electrons. The minimum atomic E-state index is 0.853. The van der Waals surface area contributed by atoms with E-state index < -0.39 is 0 Å². The highest BCUT2D eigenvalue weighted by molar-refractivity contribution is 9.11. The van der Waals surface area contributed by atoms with Gasteiger partial charge in [0.15, 0.2) is 0 Å². The number of fused-ring (bicyclic) bond motifs is 4. The van der Waals surface area contributed by atoms with E-state index in [1.807, 2.05) is 48.5 Å². The zero-order valence-electron chi connectivity index (χ0n) is 22.3. The highest BCUT2D eigenvalue weighted by Crippen LogP contribution is 2.50. The van der Waals surface area contributed by atoms with Crippen LogP contribution in [0.25, 0.3) is 77.3 Å². The van der Waals surface area contributed by atoms with Gasteiger partial charge in [0, 0.05) is 55.5 Å². The maximum atomic E-state index is 6.37. The van der Waals surface area contributed by atoms with Crippen LogP contribution in [0.3, 0.4) is 0 Å². The van der Waals surface area contributed by atoms with Crippen LogP contribution in [0.1, 0.15) is 0 Å². The molecule has 0 amide bonds. The minimum absolute atomic E-state index is 0.853. The maximum Gasteiger partial charge on any atom is 0.361 e. The van der Waals surface area contributed by atoms with E-state index in [2.05, 4.69) is 117 Å². The van der Waals surface area contributed by atoms with Gasteiger partial charge in [-0.15, -0.1) is 0 Å². The first-order chi connectivity index (χ1) is 20.7. The molecule has 0 fully saturated rings. The third-order valence-electron chi connectivity index (χ3n) is 7.88. The molecule has 2 nitrogen and oxygen atoms in total. The smallest absolute Gasteiger partial charge is 0.207 e. The molecule has 8 aromatic rings. The summed E-state index contributed by atoms with van der Waals surface area (Å²) in [5.74, 6) is 0. The largest absolute Gasteiger partial charge is 0.361 e. The van der Waals surface area contributed by atoms with Gasteiger partial charge in [-0.2, -0.15) is 0 Å². The Morgan fingerprint density at radius 1 is 0.310 bits per heavy atom. The third kappa shape index (κ3) is 3.98. The van der Waals surface area contributed by atoms with E-state index in [-0.39, 0.29) is 0 Å². The molecule has 8 rings (SSSR count). The monoisotopic (exact) mass is 668 g/mol. The molecule has 0 atom stereocenters. The molecule has 4 heteroatoms. The van der Waals surface area contributed by atoms with Crippen molar-refractivity contribution in [2.24, 2.45) is 0 Å². The third-order valence-corrected chi connectivity index (χ3v) is 9.20. The summed E-state index contributed by atoms with van der Waals surface area (Å²) in [6, 6.07) is 46.0. The van der Waals surface area contributed by atoms with Crippen LogP contribution in [0.5, 0.6) is 0 Å². The van der Waals surface area contributed by atoms with E-state index in [1.54, 1.807) is 0 Å². The average Bonchev–Trinajstić information content (AvgIpc) is 3.02. The molecule has 42 heavy (non-hydrogen) atoms. The van der Waals surface area contributed by atoms with Gasteiger partial charge in [0.25, 0.3) is 0 Å². The molecular formula is C38H22Br2O2+2. The Balaban J connectivity index is 1.54. The van der Waals surface area contributed by atoms with Crippen molar-refractivity contribution >= 4 is 75.7 Å². The van der Waals surface area contributed by atoms with Crippen molar-refractivity contribution < 1.29 is 8.83 Å². The molecular weight excluding hydrogens is 648 g/mol. The summed E-state index contributed by atoms with van der Waals surface area (Å²) in [6.07, 6.45) is 0. The molecule has 0 aliphatic rings. The summed E-state index contributed by atoms with van der Waals surface area (Å²) < 4.78 is 14.8. The first-order valence-corrected chi connectivity index (χ1v) is 15.3. The number of rotatable bonds is 3. The van der Waals surface area contributed by atoms with Crippen molar-refractivity contribution in [3.05, 3.63) is 142 Å². The van der Waals surface area contributed by atoms with Crippen LogP contribution < -0.4 is 0 Å². The zero-order chi connectivity index (χ0) is 28.2. The van der Waals surface area contributed by atoms with Crippen molar-refractivity contribution in [3.8, 4) is 33.4 Å². The Morgan fingerprint density at radius 3 is 0.952 bits per heavy atom. The van der Waals surface area contributed by atoms with Crippen LogP contribution in [0.2, 0.25) is 0 Å². The van der Waals surface area contributed by atoms with Gasteiger partial charge in [-0.3, -0.25) is 0 Å². The summed E-state index contributed by atoms with van der Waals surface area (Å²) in [5.41, 5.74) is 10.1. The van der Waals surface area contributed by atoms with Crippen molar-refractivity contribution in [2.45, 2.75) is 0 Å². The second-order valence-corrected chi connectivity index (χ2v) is 12.0. The number of benzene rings is 6. The Morgan fingerprint density at radius 2 is 0.619 bits per heavy atom. The predicted octanol–water partition coefficient (Wildman–Crippen LogP) is 12.6. The molecule has 0 saturated heterocycles. The van der Waals surface area contributed by atoms with E-state index in [0.717, 1.165) is 86.2 Å². The van der Waals surface area contributed by atoms with Crippen molar-refractivity contribution in [1.82, 2.24) is 0 Å². The minimum Gasteiger partial charge on any atom is -0.207 e. The Kier molecular flexibility index (Phi) is 6.13. The molecule has 0 unspecified atom stereocenters. The molecule has 0 bridgehead atoms. The van der Waals surface area contributed by atoms with Crippen LogP contribution >= 0.6 is 31.9 Å². The standard InChI is InChI=1S/C38H22Br2O2/c39-29-17-9-15-27(35-23-11-1-5-19-31(23)41-32-20-6-2-12-24(32)35)37(29)38-28(16-10-18-30(38)40)36-25-13-3-7-21-33(25)42-34-22-8-4-14-26(34)36/h1-22H/q+2. The summed E-state index contributed by atoms with van der Waals surface area (Å²) in [4.78, 5) is 0. The SMILES string of the molecule is Brc1cccc(-c2c3ccccc3[o+]c3ccccc23)c1-c1c(Br)cccc1-c1c2ccccc2[o+]c2ccccc12. The van der Waals surface area contributed by atoms with Crippen LogP contribution in [-0.4, -0.2) is 0 Å². The van der Waals surface area contributed by atoms with Gasteiger partial charge in [-0.1, -0.05) is 105 Å². The van der Waals surface area contributed by atoms with E-state index in [0.29, 0.717) is 0 Å². The van der Waals surface area contributed by atoms with Gasteiger partial charge in [-0.25, -0.2) is 8.83 Å². The first kappa shape index (κ1) is 25.3. The van der Waals surface area contributed by atoms with Gasteiger partial charge in [-0.05, 0) is 47.5 Å². The van der Waals surface area contributed by atoms with Gasteiger partial charge in [0.05, 0.1) is 21.5 Å². The first-order valence-electron chi connectivity index (χ1n) is 13.7. The van der Waals surface area contributed by atoms with E-state index in [1.165, 1.54) is 0 Å². The molecule has 0 aliphatic carbocycles. The summed E-state index contributed by atoms with van der Waals surface area (Å²) in [7, 11) is 0. The molecule has 6 aromatic carbocycles. The van der Waals surface area contributed by atoms with Crippen molar-refractivity contribution in [2.75, 3.05) is 0 Å². The normalized spacial score (nSPS) is 11.6. The molecule has 0 saturated carbocycles. The van der Waals surface area contributed by atoms with E-state index in [9.17, 15) is 0 Å². The molecule has 0 radical (unpaired) electrons. The van der Waals surface area contributed by atoms with E-state index >= 15 is 0 Å². The zero-order valence-corrected chi connectivity index (χ0v) is 25.4. The number of hydrogen-bond donors (Lipinski definition) is 0.